The zero-order valence-corrected chi connectivity index (χ0v) is 25.1. The molecule has 1 rings (SSSR count). The van der Waals surface area contributed by atoms with E-state index in [1.165, 1.54) is 17.0 Å². The molecule has 0 saturated heterocycles. The minimum Gasteiger partial charge on any atom is -0.481 e. The van der Waals surface area contributed by atoms with Crippen LogP contribution in [0.15, 0.2) is 18.2 Å². The zero-order valence-electron chi connectivity index (χ0n) is 21.9. The van der Waals surface area contributed by atoms with Crippen molar-refractivity contribution in [2.24, 2.45) is 5.41 Å². The maximum atomic E-state index is 14.2. The first-order valence-electron chi connectivity index (χ1n) is 11.6. The molecule has 0 radical (unpaired) electrons. The quantitative estimate of drug-likeness (QED) is 0.272. The maximum absolute atomic E-state index is 14.2. The Hall–Kier alpha value is -1.82. The predicted octanol–water partition coefficient (Wildman–Crippen LogP) is 6.28. The Bertz CT molecular complexity index is 984. The Morgan fingerprint density at radius 3 is 1.78 bits per heavy atom. The number of hydrogen-bond acceptors (Lipinski definition) is 4. The molecule has 1 aromatic carbocycles. The second kappa shape index (κ2) is 12.4. The Kier molecular flexibility index (Phi) is 11.1. The topological polar surface area (TPSA) is 98.2 Å². The molecule has 0 aromatic heterocycles. The van der Waals surface area contributed by atoms with Crippen molar-refractivity contribution in [2.75, 3.05) is 28.6 Å². The standard InChI is InChI=1S/C25H35Br2F3N2O5/c1-22(2,3)24(21(36)37,10-9-19(33)34)32(23(4,5)6)20(35)16-7-8-18(17(15-16)25(28,29)30)31(13-11-26)14-12-27/h7-8,15H,9-14H2,1-6H3,(H,33,34)(H,36,37)/t24-/m0/s1. The minimum absolute atomic E-state index is 0.101. The van der Waals surface area contributed by atoms with Crippen molar-refractivity contribution >= 4 is 55.4 Å². The third-order valence-electron chi connectivity index (χ3n) is 6.15. The van der Waals surface area contributed by atoms with E-state index in [2.05, 4.69) is 31.9 Å². The highest BCUT2D eigenvalue weighted by molar-refractivity contribution is 9.09. The Morgan fingerprint density at radius 2 is 1.43 bits per heavy atom. The van der Waals surface area contributed by atoms with E-state index in [0.717, 1.165) is 11.0 Å². The van der Waals surface area contributed by atoms with Gasteiger partial charge in [0.1, 0.15) is 5.54 Å². The van der Waals surface area contributed by atoms with Gasteiger partial charge in [-0.15, -0.1) is 0 Å². The zero-order chi connectivity index (χ0) is 29.0. The van der Waals surface area contributed by atoms with Crippen LogP contribution in [0.3, 0.4) is 0 Å². The van der Waals surface area contributed by atoms with Gasteiger partial charge in [-0.25, -0.2) is 4.79 Å². The van der Waals surface area contributed by atoms with E-state index >= 15 is 0 Å². The third-order valence-corrected chi connectivity index (χ3v) is 6.86. The number of anilines is 1. The molecule has 0 bridgehead atoms. The average Bonchev–Trinajstić information content (AvgIpc) is 2.72. The summed E-state index contributed by atoms with van der Waals surface area (Å²) in [5.74, 6) is -3.61. The van der Waals surface area contributed by atoms with Crippen LogP contribution < -0.4 is 4.90 Å². The normalized spacial score (nSPS) is 14.1. The summed E-state index contributed by atoms with van der Waals surface area (Å²) in [6, 6.07) is 3.23. The number of nitrogens with zero attached hydrogens (tertiary/aromatic N) is 2. The van der Waals surface area contributed by atoms with Crippen LogP contribution in [-0.2, 0) is 15.8 Å². The summed E-state index contributed by atoms with van der Waals surface area (Å²) < 4.78 is 42.6. The molecule has 37 heavy (non-hydrogen) atoms. The summed E-state index contributed by atoms with van der Waals surface area (Å²) in [7, 11) is 0. The molecule has 0 aliphatic carbocycles. The molecule has 2 N–H and O–H groups in total. The van der Waals surface area contributed by atoms with Crippen molar-refractivity contribution in [1.82, 2.24) is 4.90 Å². The second-order valence-corrected chi connectivity index (χ2v) is 12.3. The van der Waals surface area contributed by atoms with Crippen molar-refractivity contribution in [3.8, 4) is 0 Å². The minimum atomic E-state index is -4.79. The van der Waals surface area contributed by atoms with Gasteiger partial charge in [-0.1, -0.05) is 52.6 Å². The fourth-order valence-electron chi connectivity index (χ4n) is 4.54. The number of carboxylic acid groups (broad SMARTS) is 2. The lowest BCUT2D eigenvalue weighted by Gasteiger charge is -2.54. The second-order valence-electron chi connectivity index (χ2n) is 10.7. The van der Waals surface area contributed by atoms with Gasteiger partial charge in [-0.3, -0.25) is 9.59 Å². The molecular formula is C25H35Br2F3N2O5. The molecule has 0 unspecified atom stereocenters. The summed E-state index contributed by atoms with van der Waals surface area (Å²) in [5, 5.41) is 20.6. The first-order valence-corrected chi connectivity index (χ1v) is 13.9. The number of amides is 1. The Morgan fingerprint density at radius 1 is 0.919 bits per heavy atom. The van der Waals surface area contributed by atoms with Crippen molar-refractivity contribution in [3.63, 3.8) is 0 Å². The van der Waals surface area contributed by atoms with Crippen molar-refractivity contribution in [3.05, 3.63) is 29.3 Å². The maximum Gasteiger partial charge on any atom is 0.418 e. The fraction of sp³-hybridized carbons (Fsp3) is 0.640. The fourth-order valence-corrected chi connectivity index (χ4v) is 5.40. The number of aliphatic carboxylic acids is 2. The summed E-state index contributed by atoms with van der Waals surface area (Å²) >= 11 is 6.51. The molecule has 0 heterocycles. The van der Waals surface area contributed by atoms with Crippen LogP contribution in [0.4, 0.5) is 18.9 Å². The highest BCUT2D eigenvalue weighted by Gasteiger charge is 2.58. The Balaban J connectivity index is 3.93. The van der Waals surface area contributed by atoms with Crippen LogP contribution in [0.25, 0.3) is 0 Å². The summed E-state index contributed by atoms with van der Waals surface area (Å²) in [4.78, 5) is 40.8. The third kappa shape index (κ3) is 7.61. The van der Waals surface area contributed by atoms with Gasteiger partial charge in [-0.05, 0) is 50.8 Å². The van der Waals surface area contributed by atoms with Gasteiger partial charge < -0.3 is 20.0 Å². The molecule has 7 nitrogen and oxygen atoms in total. The molecule has 0 aliphatic heterocycles. The lowest BCUT2D eigenvalue weighted by Crippen LogP contribution is -2.69. The van der Waals surface area contributed by atoms with Crippen LogP contribution >= 0.6 is 31.9 Å². The number of alkyl halides is 5. The van der Waals surface area contributed by atoms with Crippen LogP contribution in [0.1, 0.15) is 70.3 Å². The highest BCUT2D eigenvalue weighted by Crippen LogP contribution is 2.45. The van der Waals surface area contributed by atoms with Crippen molar-refractivity contribution < 1.29 is 37.8 Å². The van der Waals surface area contributed by atoms with E-state index in [0.29, 0.717) is 10.7 Å². The lowest BCUT2D eigenvalue weighted by atomic mass is 9.67. The van der Waals surface area contributed by atoms with E-state index < -0.39 is 58.9 Å². The lowest BCUT2D eigenvalue weighted by molar-refractivity contribution is -0.164. The summed E-state index contributed by atoms with van der Waals surface area (Å²) in [6.07, 6.45) is -5.77. The number of hydrogen-bond donors (Lipinski definition) is 2. The molecule has 1 amide bonds. The van der Waals surface area contributed by atoms with Gasteiger partial charge in [0.25, 0.3) is 5.91 Å². The molecule has 210 valence electrons. The number of carboxylic acids is 2. The molecule has 1 aromatic rings. The molecule has 0 aliphatic rings. The number of rotatable bonds is 11. The summed E-state index contributed by atoms with van der Waals surface area (Å²) in [5.41, 5.74) is -5.85. The van der Waals surface area contributed by atoms with Gasteiger partial charge >= 0.3 is 18.1 Å². The van der Waals surface area contributed by atoms with Crippen molar-refractivity contribution in [2.45, 2.75) is 71.6 Å². The van der Waals surface area contributed by atoms with Crippen LogP contribution in [0.5, 0.6) is 0 Å². The largest absolute Gasteiger partial charge is 0.481 e. The highest BCUT2D eigenvalue weighted by atomic mass is 79.9. The molecule has 0 fully saturated rings. The molecule has 1 atom stereocenters. The molecule has 0 saturated carbocycles. The van der Waals surface area contributed by atoms with Crippen LogP contribution in [0, 0.1) is 5.41 Å². The molecule has 12 heteroatoms. The predicted molar refractivity (Wildman–Crippen MR) is 144 cm³/mol. The van der Waals surface area contributed by atoms with E-state index in [9.17, 15) is 37.8 Å². The number of benzene rings is 1. The van der Waals surface area contributed by atoms with Gasteiger partial charge in [0.2, 0.25) is 0 Å². The van der Waals surface area contributed by atoms with Gasteiger partial charge in [0.05, 0.1) is 5.56 Å². The SMILES string of the molecule is CC(C)(C)N(C(=O)c1ccc(N(CCBr)CCBr)c(C(F)(F)F)c1)[C@@](CCC(=O)O)(C(=O)O)C(C)(C)C. The smallest absolute Gasteiger partial charge is 0.418 e. The first kappa shape index (κ1) is 33.2. The average molecular weight is 660 g/mol. The number of halogens is 5. The van der Waals surface area contributed by atoms with Gasteiger partial charge in [-0.2, -0.15) is 13.2 Å². The van der Waals surface area contributed by atoms with Crippen LogP contribution in [0.2, 0.25) is 0 Å². The van der Waals surface area contributed by atoms with Crippen LogP contribution in [-0.4, -0.2) is 67.8 Å². The Labute approximate surface area is 232 Å². The first-order chi connectivity index (χ1) is 16.8. The van der Waals surface area contributed by atoms with E-state index in [-0.39, 0.29) is 24.3 Å². The molecule has 0 spiro atoms. The van der Waals surface area contributed by atoms with E-state index in [1.54, 1.807) is 41.5 Å². The van der Waals surface area contributed by atoms with E-state index in [4.69, 9.17) is 0 Å². The summed E-state index contributed by atoms with van der Waals surface area (Å²) in [6.45, 7) is 9.99. The van der Waals surface area contributed by atoms with Gasteiger partial charge in [0.15, 0.2) is 0 Å². The van der Waals surface area contributed by atoms with Crippen molar-refractivity contribution in [1.29, 1.82) is 0 Å². The monoisotopic (exact) mass is 658 g/mol. The number of carbonyl (C=O) groups excluding carboxylic acids is 1. The number of carbonyl (C=O) groups is 3. The molecular weight excluding hydrogens is 625 g/mol. The van der Waals surface area contributed by atoms with Gasteiger partial charge in [0, 0.05) is 47.0 Å². The van der Waals surface area contributed by atoms with E-state index in [1.807, 2.05) is 0 Å².